The van der Waals surface area contributed by atoms with Gasteiger partial charge in [-0.1, -0.05) is 18.0 Å². The summed E-state index contributed by atoms with van der Waals surface area (Å²) in [5.41, 5.74) is 0. The lowest BCUT2D eigenvalue weighted by Crippen LogP contribution is -2.40. The molecule has 1 aromatic rings. The third kappa shape index (κ3) is 3.94. The summed E-state index contributed by atoms with van der Waals surface area (Å²) in [7, 11) is 0. The highest BCUT2D eigenvalue weighted by molar-refractivity contribution is 7.10. The van der Waals surface area contributed by atoms with Gasteiger partial charge in [0.05, 0.1) is 10.9 Å². The van der Waals surface area contributed by atoms with Crippen LogP contribution in [0.3, 0.4) is 0 Å². The topological polar surface area (TPSA) is 66.4 Å². The minimum absolute atomic E-state index is 0.0809. The highest BCUT2D eigenvalue weighted by Gasteiger charge is 2.33. The van der Waals surface area contributed by atoms with E-state index < -0.39 is 11.9 Å². The second-order valence-corrected chi connectivity index (χ2v) is 6.21. The number of nitrogens with one attached hydrogen (secondary N) is 1. The van der Waals surface area contributed by atoms with E-state index in [2.05, 4.69) is 5.32 Å². The van der Waals surface area contributed by atoms with Gasteiger partial charge >= 0.3 is 5.97 Å². The molecular formula is C13H16ClNO3S. The molecule has 0 unspecified atom stereocenters. The number of aliphatic carboxylic acids is 1. The predicted molar refractivity (Wildman–Crippen MR) is 74.6 cm³/mol. The molecule has 0 spiro atoms. The Morgan fingerprint density at radius 2 is 2.26 bits per heavy atom. The third-order valence-electron chi connectivity index (χ3n) is 3.40. The SMILES string of the molecule is O=C(CCc1cc(Cl)cs1)N[C@H]1CCC[C@H]1C(=O)O. The number of hydrogen-bond acceptors (Lipinski definition) is 3. The fourth-order valence-corrected chi connectivity index (χ4v) is 3.51. The molecule has 0 bridgehead atoms. The van der Waals surface area contributed by atoms with Crippen molar-refractivity contribution < 1.29 is 14.7 Å². The Bertz CT molecular complexity index is 474. The van der Waals surface area contributed by atoms with Gasteiger partial charge in [0.15, 0.2) is 0 Å². The number of amides is 1. The van der Waals surface area contributed by atoms with Crippen LogP contribution in [-0.2, 0) is 16.0 Å². The molecular weight excluding hydrogens is 286 g/mol. The van der Waals surface area contributed by atoms with E-state index in [4.69, 9.17) is 16.7 Å². The quantitative estimate of drug-likeness (QED) is 0.879. The van der Waals surface area contributed by atoms with Crippen molar-refractivity contribution in [3.8, 4) is 0 Å². The van der Waals surface area contributed by atoms with E-state index in [9.17, 15) is 9.59 Å². The first kappa shape index (κ1) is 14.3. The molecule has 104 valence electrons. The summed E-state index contributed by atoms with van der Waals surface area (Å²) in [5, 5.41) is 14.4. The Balaban J connectivity index is 1.79. The molecule has 2 rings (SSSR count). The smallest absolute Gasteiger partial charge is 0.308 e. The fraction of sp³-hybridized carbons (Fsp3) is 0.538. The minimum Gasteiger partial charge on any atom is -0.481 e. The Labute approximate surface area is 120 Å². The molecule has 1 amide bonds. The molecule has 1 saturated carbocycles. The Kier molecular flexibility index (Phi) is 4.82. The Morgan fingerprint density at radius 1 is 1.47 bits per heavy atom. The van der Waals surface area contributed by atoms with E-state index in [1.807, 2.05) is 11.4 Å². The van der Waals surface area contributed by atoms with Gasteiger partial charge in [0, 0.05) is 22.7 Å². The normalized spacial score (nSPS) is 22.4. The first-order chi connectivity index (χ1) is 9.06. The largest absolute Gasteiger partial charge is 0.481 e. The van der Waals surface area contributed by atoms with Crippen LogP contribution < -0.4 is 5.32 Å². The second-order valence-electron chi connectivity index (χ2n) is 4.78. The van der Waals surface area contributed by atoms with Crippen molar-refractivity contribution in [3.05, 3.63) is 21.3 Å². The van der Waals surface area contributed by atoms with Gasteiger partial charge < -0.3 is 10.4 Å². The number of hydrogen-bond donors (Lipinski definition) is 2. The van der Waals surface area contributed by atoms with E-state index in [-0.39, 0.29) is 11.9 Å². The second kappa shape index (κ2) is 6.39. The molecule has 0 aliphatic heterocycles. The maximum atomic E-state index is 11.8. The van der Waals surface area contributed by atoms with Gasteiger partial charge in [-0.3, -0.25) is 9.59 Å². The van der Waals surface area contributed by atoms with Crippen molar-refractivity contribution in [1.82, 2.24) is 5.32 Å². The van der Waals surface area contributed by atoms with Crippen molar-refractivity contribution >= 4 is 34.8 Å². The van der Waals surface area contributed by atoms with E-state index >= 15 is 0 Å². The maximum Gasteiger partial charge on any atom is 0.308 e. The summed E-state index contributed by atoms with van der Waals surface area (Å²) < 4.78 is 0. The first-order valence-corrected chi connectivity index (χ1v) is 7.57. The fourth-order valence-electron chi connectivity index (χ4n) is 2.43. The molecule has 1 aliphatic carbocycles. The molecule has 1 aromatic heterocycles. The van der Waals surface area contributed by atoms with E-state index in [0.717, 1.165) is 17.7 Å². The van der Waals surface area contributed by atoms with E-state index in [0.29, 0.717) is 24.3 Å². The monoisotopic (exact) mass is 301 g/mol. The molecule has 1 fully saturated rings. The van der Waals surface area contributed by atoms with E-state index in [1.54, 1.807) is 0 Å². The molecule has 0 saturated heterocycles. The van der Waals surface area contributed by atoms with E-state index in [1.165, 1.54) is 11.3 Å². The van der Waals surface area contributed by atoms with Crippen LogP contribution in [0.1, 0.15) is 30.6 Å². The Morgan fingerprint density at radius 3 is 2.89 bits per heavy atom. The number of carboxylic acid groups (broad SMARTS) is 1. The maximum absolute atomic E-state index is 11.8. The average Bonchev–Trinajstić information content (AvgIpc) is 2.95. The summed E-state index contributed by atoms with van der Waals surface area (Å²) in [6.45, 7) is 0. The average molecular weight is 302 g/mol. The summed E-state index contributed by atoms with van der Waals surface area (Å²) in [4.78, 5) is 23.9. The summed E-state index contributed by atoms with van der Waals surface area (Å²) >= 11 is 7.35. The van der Waals surface area contributed by atoms with Crippen molar-refractivity contribution in [3.63, 3.8) is 0 Å². The predicted octanol–water partition coefficient (Wildman–Crippen LogP) is 2.70. The molecule has 2 N–H and O–H groups in total. The molecule has 19 heavy (non-hydrogen) atoms. The van der Waals surface area contributed by atoms with Crippen molar-refractivity contribution in [2.75, 3.05) is 0 Å². The number of carboxylic acids is 1. The molecule has 2 atom stereocenters. The molecule has 1 aliphatic rings. The summed E-state index contributed by atoms with van der Waals surface area (Å²) in [5.74, 6) is -1.32. The van der Waals surface area contributed by atoms with Crippen LogP contribution in [0.5, 0.6) is 0 Å². The zero-order valence-electron chi connectivity index (χ0n) is 10.4. The number of aryl methyl sites for hydroxylation is 1. The van der Waals surface area contributed by atoms with Gasteiger partial charge in [-0.25, -0.2) is 0 Å². The van der Waals surface area contributed by atoms with Gasteiger partial charge in [-0.15, -0.1) is 11.3 Å². The van der Waals surface area contributed by atoms with Crippen LogP contribution in [0.15, 0.2) is 11.4 Å². The minimum atomic E-state index is -0.812. The van der Waals surface area contributed by atoms with Gasteiger partial charge in [-0.05, 0) is 25.3 Å². The number of halogens is 1. The lowest BCUT2D eigenvalue weighted by Gasteiger charge is -2.17. The van der Waals surface area contributed by atoms with Crippen LogP contribution in [0.4, 0.5) is 0 Å². The Hall–Kier alpha value is -1.07. The summed E-state index contributed by atoms with van der Waals surface area (Å²) in [6, 6.07) is 1.65. The molecule has 4 nitrogen and oxygen atoms in total. The summed E-state index contributed by atoms with van der Waals surface area (Å²) in [6.07, 6.45) is 3.30. The van der Waals surface area contributed by atoms with Gasteiger partial charge in [0.25, 0.3) is 0 Å². The van der Waals surface area contributed by atoms with Gasteiger partial charge in [0.2, 0.25) is 5.91 Å². The van der Waals surface area contributed by atoms with Crippen LogP contribution in [0.2, 0.25) is 5.02 Å². The highest BCUT2D eigenvalue weighted by Crippen LogP contribution is 2.26. The highest BCUT2D eigenvalue weighted by atomic mass is 35.5. The standard InChI is InChI=1S/C13H16ClNO3S/c14-8-6-9(19-7-8)4-5-12(16)15-11-3-1-2-10(11)13(17)18/h6-7,10-11H,1-5H2,(H,15,16)(H,17,18)/t10-,11+/m1/s1. The van der Waals surface area contributed by atoms with Crippen LogP contribution in [-0.4, -0.2) is 23.0 Å². The first-order valence-electron chi connectivity index (χ1n) is 6.31. The number of thiophene rings is 1. The zero-order chi connectivity index (χ0) is 13.8. The number of rotatable bonds is 5. The van der Waals surface area contributed by atoms with Crippen molar-refractivity contribution in [1.29, 1.82) is 0 Å². The lowest BCUT2D eigenvalue weighted by molar-refractivity contribution is -0.142. The molecule has 0 aromatic carbocycles. The van der Waals surface area contributed by atoms with Crippen LogP contribution in [0, 0.1) is 5.92 Å². The number of carbonyl (C=O) groups excluding carboxylic acids is 1. The van der Waals surface area contributed by atoms with Crippen LogP contribution in [0.25, 0.3) is 0 Å². The van der Waals surface area contributed by atoms with Crippen molar-refractivity contribution in [2.24, 2.45) is 5.92 Å². The van der Waals surface area contributed by atoms with Gasteiger partial charge in [-0.2, -0.15) is 0 Å². The van der Waals surface area contributed by atoms with Crippen LogP contribution >= 0.6 is 22.9 Å². The number of carbonyl (C=O) groups is 2. The van der Waals surface area contributed by atoms with Gasteiger partial charge in [0.1, 0.15) is 0 Å². The molecule has 0 radical (unpaired) electrons. The zero-order valence-corrected chi connectivity index (χ0v) is 12.0. The van der Waals surface area contributed by atoms with Crippen molar-refractivity contribution in [2.45, 2.75) is 38.1 Å². The molecule has 1 heterocycles. The lowest BCUT2D eigenvalue weighted by atomic mass is 10.0. The third-order valence-corrected chi connectivity index (χ3v) is 4.74. The molecule has 6 heteroatoms.